The van der Waals surface area contributed by atoms with Gasteiger partial charge in [-0.3, -0.25) is 4.79 Å². The molecule has 0 spiro atoms. The van der Waals surface area contributed by atoms with Crippen LogP contribution in [0.4, 0.5) is 0 Å². The van der Waals surface area contributed by atoms with Crippen molar-refractivity contribution in [2.45, 2.75) is 38.8 Å². The molecular formula is C10H19NO3. The van der Waals surface area contributed by atoms with Crippen LogP contribution in [0.5, 0.6) is 0 Å². The number of hydrogen-bond donors (Lipinski definition) is 1. The Hall–Kier alpha value is -0.610. The van der Waals surface area contributed by atoms with Crippen molar-refractivity contribution in [1.82, 2.24) is 0 Å². The van der Waals surface area contributed by atoms with E-state index in [1.807, 2.05) is 6.92 Å². The molecule has 2 N–H and O–H groups in total. The summed E-state index contributed by atoms with van der Waals surface area (Å²) in [6.07, 6.45) is 1.90. The highest BCUT2D eigenvalue weighted by Crippen LogP contribution is 2.22. The smallest absolute Gasteiger partial charge is 0.323 e. The van der Waals surface area contributed by atoms with E-state index in [4.69, 9.17) is 15.2 Å². The van der Waals surface area contributed by atoms with Gasteiger partial charge in [-0.05, 0) is 32.6 Å². The van der Waals surface area contributed by atoms with E-state index in [1.54, 1.807) is 6.92 Å². The molecule has 1 rings (SSSR count). The number of carbonyl (C=O) groups is 1. The van der Waals surface area contributed by atoms with Gasteiger partial charge in [0.2, 0.25) is 0 Å². The summed E-state index contributed by atoms with van der Waals surface area (Å²) >= 11 is 0. The van der Waals surface area contributed by atoms with E-state index in [9.17, 15) is 4.79 Å². The molecule has 0 aliphatic carbocycles. The minimum atomic E-state index is -0.485. The van der Waals surface area contributed by atoms with Gasteiger partial charge in [0, 0.05) is 6.61 Å². The van der Waals surface area contributed by atoms with E-state index in [0.29, 0.717) is 13.2 Å². The van der Waals surface area contributed by atoms with E-state index < -0.39 is 6.04 Å². The summed E-state index contributed by atoms with van der Waals surface area (Å²) in [5, 5.41) is 0. The van der Waals surface area contributed by atoms with Crippen LogP contribution in [0, 0.1) is 5.92 Å². The van der Waals surface area contributed by atoms with Gasteiger partial charge in [0.05, 0.1) is 12.7 Å². The predicted molar refractivity (Wildman–Crippen MR) is 52.7 cm³/mol. The molecule has 4 heteroatoms. The maximum atomic E-state index is 11.4. The Kier molecular flexibility index (Phi) is 4.35. The van der Waals surface area contributed by atoms with Crippen molar-refractivity contribution in [2.75, 3.05) is 13.2 Å². The van der Waals surface area contributed by atoms with Gasteiger partial charge < -0.3 is 15.2 Å². The van der Waals surface area contributed by atoms with Crippen LogP contribution in [0.3, 0.4) is 0 Å². The van der Waals surface area contributed by atoms with Gasteiger partial charge in [0.1, 0.15) is 6.04 Å². The minimum absolute atomic E-state index is 0.203. The fourth-order valence-electron chi connectivity index (χ4n) is 1.79. The number of rotatable bonds is 3. The summed E-state index contributed by atoms with van der Waals surface area (Å²) < 4.78 is 10.3. The maximum Gasteiger partial charge on any atom is 0.323 e. The Morgan fingerprint density at radius 1 is 1.71 bits per heavy atom. The van der Waals surface area contributed by atoms with E-state index in [2.05, 4.69) is 0 Å². The number of nitrogens with two attached hydrogens (primary N) is 1. The fourth-order valence-corrected chi connectivity index (χ4v) is 1.79. The van der Waals surface area contributed by atoms with E-state index in [1.165, 1.54) is 0 Å². The molecule has 0 aromatic rings. The lowest BCUT2D eigenvalue weighted by molar-refractivity contribution is -0.147. The largest absolute Gasteiger partial charge is 0.465 e. The van der Waals surface area contributed by atoms with Gasteiger partial charge in [-0.1, -0.05) is 0 Å². The Morgan fingerprint density at radius 2 is 2.43 bits per heavy atom. The highest BCUT2D eigenvalue weighted by atomic mass is 16.5. The first-order chi connectivity index (χ1) is 6.65. The summed E-state index contributed by atoms with van der Waals surface area (Å²) in [5.74, 6) is -0.0793. The quantitative estimate of drug-likeness (QED) is 0.682. The SMILES string of the molecule is CCOC(=O)C(N)C1CCO[C@@H](C)C1. The fraction of sp³-hybridized carbons (Fsp3) is 0.900. The van der Waals surface area contributed by atoms with Gasteiger partial charge >= 0.3 is 5.97 Å². The highest BCUT2D eigenvalue weighted by molar-refractivity contribution is 5.75. The topological polar surface area (TPSA) is 61.5 Å². The average molecular weight is 201 g/mol. The average Bonchev–Trinajstić information content (AvgIpc) is 2.17. The second kappa shape index (κ2) is 5.32. The van der Waals surface area contributed by atoms with Gasteiger partial charge in [0.25, 0.3) is 0 Å². The summed E-state index contributed by atoms with van der Waals surface area (Å²) in [5.41, 5.74) is 5.81. The highest BCUT2D eigenvalue weighted by Gasteiger charge is 2.29. The zero-order valence-corrected chi connectivity index (χ0v) is 8.86. The first-order valence-corrected chi connectivity index (χ1v) is 5.19. The molecule has 0 aromatic heterocycles. The van der Waals surface area contributed by atoms with Crippen molar-refractivity contribution in [1.29, 1.82) is 0 Å². The first kappa shape index (κ1) is 11.5. The van der Waals surface area contributed by atoms with E-state index in [0.717, 1.165) is 12.8 Å². The van der Waals surface area contributed by atoms with Gasteiger partial charge in [-0.25, -0.2) is 0 Å². The molecule has 4 nitrogen and oxygen atoms in total. The third kappa shape index (κ3) is 2.96. The predicted octanol–water partition coefficient (Wildman–Crippen LogP) is 0.692. The van der Waals surface area contributed by atoms with Crippen LogP contribution in [0.2, 0.25) is 0 Å². The van der Waals surface area contributed by atoms with Crippen LogP contribution in [-0.4, -0.2) is 31.3 Å². The summed E-state index contributed by atoms with van der Waals surface area (Å²) in [7, 11) is 0. The molecule has 1 aliphatic heterocycles. The lowest BCUT2D eigenvalue weighted by Gasteiger charge is -2.30. The number of ether oxygens (including phenoxy) is 2. The molecule has 2 unspecified atom stereocenters. The monoisotopic (exact) mass is 201 g/mol. The van der Waals surface area contributed by atoms with Crippen molar-refractivity contribution in [3.05, 3.63) is 0 Å². The lowest BCUT2D eigenvalue weighted by atomic mass is 9.89. The zero-order valence-electron chi connectivity index (χ0n) is 8.86. The molecule has 1 heterocycles. The first-order valence-electron chi connectivity index (χ1n) is 5.19. The normalized spacial score (nSPS) is 29.6. The zero-order chi connectivity index (χ0) is 10.6. The van der Waals surface area contributed by atoms with Crippen LogP contribution < -0.4 is 5.73 Å². The van der Waals surface area contributed by atoms with E-state index in [-0.39, 0.29) is 18.0 Å². The van der Waals surface area contributed by atoms with Crippen molar-refractivity contribution in [3.8, 4) is 0 Å². The Labute approximate surface area is 84.7 Å². The molecule has 0 radical (unpaired) electrons. The Morgan fingerprint density at radius 3 is 3.00 bits per heavy atom. The molecule has 0 saturated carbocycles. The second-order valence-corrected chi connectivity index (χ2v) is 3.74. The van der Waals surface area contributed by atoms with Crippen LogP contribution in [0.1, 0.15) is 26.7 Å². The third-order valence-corrected chi connectivity index (χ3v) is 2.59. The maximum absolute atomic E-state index is 11.4. The lowest BCUT2D eigenvalue weighted by Crippen LogP contribution is -2.43. The van der Waals surface area contributed by atoms with Gasteiger partial charge in [0.15, 0.2) is 0 Å². The number of carbonyl (C=O) groups excluding carboxylic acids is 1. The standard InChI is InChI=1S/C10H19NO3/c1-3-13-10(12)9(11)8-4-5-14-7(2)6-8/h7-9H,3-6,11H2,1-2H3/t7-,8?,9?/m0/s1. The number of esters is 1. The van der Waals surface area contributed by atoms with Gasteiger partial charge in [-0.15, -0.1) is 0 Å². The van der Waals surface area contributed by atoms with Crippen LogP contribution in [0.15, 0.2) is 0 Å². The molecule has 3 atom stereocenters. The van der Waals surface area contributed by atoms with Crippen molar-refractivity contribution < 1.29 is 14.3 Å². The van der Waals surface area contributed by atoms with Crippen LogP contribution >= 0.6 is 0 Å². The molecular weight excluding hydrogens is 182 g/mol. The van der Waals surface area contributed by atoms with E-state index >= 15 is 0 Å². The summed E-state index contributed by atoms with van der Waals surface area (Å²) in [6, 6.07) is -0.485. The number of hydrogen-bond acceptors (Lipinski definition) is 4. The molecule has 1 fully saturated rings. The second-order valence-electron chi connectivity index (χ2n) is 3.74. The Bertz CT molecular complexity index is 196. The third-order valence-electron chi connectivity index (χ3n) is 2.59. The van der Waals surface area contributed by atoms with Crippen molar-refractivity contribution in [3.63, 3.8) is 0 Å². The minimum Gasteiger partial charge on any atom is -0.465 e. The molecule has 1 aliphatic rings. The van der Waals surface area contributed by atoms with Gasteiger partial charge in [-0.2, -0.15) is 0 Å². The molecule has 14 heavy (non-hydrogen) atoms. The van der Waals surface area contributed by atoms with Crippen LogP contribution in [0.25, 0.3) is 0 Å². The molecule has 1 saturated heterocycles. The van der Waals surface area contributed by atoms with Crippen LogP contribution in [-0.2, 0) is 14.3 Å². The van der Waals surface area contributed by atoms with Crippen molar-refractivity contribution >= 4 is 5.97 Å². The molecule has 0 bridgehead atoms. The summed E-state index contributed by atoms with van der Waals surface area (Å²) in [6.45, 7) is 4.88. The molecule has 0 aromatic carbocycles. The molecule has 82 valence electrons. The van der Waals surface area contributed by atoms with Crippen molar-refractivity contribution in [2.24, 2.45) is 11.7 Å². The Balaban J connectivity index is 2.42. The summed E-state index contributed by atoms with van der Waals surface area (Å²) in [4.78, 5) is 11.4. The molecule has 0 amide bonds.